The van der Waals surface area contributed by atoms with Gasteiger partial charge < -0.3 is 0 Å². The van der Waals surface area contributed by atoms with Crippen molar-refractivity contribution in [2.75, 3.05) is 0 Å². The van der Waals surface area contributed by atoms with Crippen molar-refractivity contribution < 1.29 is 4.92 Å². The van der Waals surface area contributed by atoms with Gasteiger partial charge in [0.2, 0.25) is 0 Å². The molecule has 0 fully saturated rings. The second kappa shape index (κ2) is 5.63. The van der Waals surface area contributed by atoms with E-state index in [4.69, 9.17) is 11.6 Å². The minimum Gasteiger partial charge on any atom is -0.258 e. The Bertz CT molecular complexity index is 654. The molecule has 0 unspecified atom stereocenters. The monoisotopic (exact) mass is 274 g/mol. The van der Waals surface area contributed by atoms with Crippen molar-refractivity contribution in [2.24, 2.45) is 4.99 Å². The first-order chi connectivity index (χ1) is 9.06. The van der Waals surface area contributed by atoms with Crippen LogP contribution in [0.3, 0.4) is 0 Å². The first-order valence-electron chi connectivity index (χ1n) is 5.61. The summed E-state index contributed by atoms with van der Waals surface area (Å²) in [6.07, 6.45) is 1.58. The summed E-state index contributed by atoms with van der Waals surface area (Å²) in [6.45, 7) is 1.91. The standard InChI is InChI=1S/C14H11ClN2O2/c1-10-5-6-12(8-14(10)15)16-9-11-3-2-4-13(7-11)17(18)19/h2-9H,1H3. The largest absolute Gasteiger partial charge is 0.270 e. The van der Waals surface area contributed by atoms with Gasteiger partial charge in [0.25, 0.3) is 5.69 Å². The Balaban J connectivity index is 2.24. The number of nitro benzene ring substituents is 1. The molecule has 0 aliphatic rings. The lowest BCUT2D eigenvalue weighted by atomic mass is 10.2. The molecule has 0 atom stereocenters. The van der Waals surface area contributed by atoms with Crippen LogP contribution in [0.25, 0.3) is 0 Å². The molecule has 0 amide bonds. The fourth-order valence-corrected chi connectivity index (χ4v) is 1.70. The van der Waals surface area contributed by atoms with Gasteiger partial charge in [0.1, 0.15) is 0 Å². The summed E-state index contributed by atoms with van der Waals surface area (Å²) in [5, 5.41) is 11.3. The molecule has 0 saturated carbocycles. The number of hydrogen-bond donors (Lipinski definition) is 0. The molecule has 4 nitrogen and oxygen atoms in total. The quantitative estimate of drug-likeness (QED) is 0.476. The number of non-ortho nitro benzene ring substituents is 1. The SMILES string of the molecule is Cc1ccc(N=Cc2cccc([N+](=O)[O-])c2)cc1Cl. The Kier molecular flexibility index (Phi) is 3.92. The van der Waals surface area contributed by atoms with Gasteiger partial charge in [-0.05, 0) is 30.2 Å². The van der Waals surface area contributed by atoms with Crippen LogP contribution in [-0.2, 0) is 0 Å². The molecule has 2 aromatic carbocycles. The van der Waals surface area contributed by atoms with Crippen molar-refractivity contribution in [3.63, 3.8) is 0 Å². The van der Waals surface area contributed by atoms with E-state index in [0.717, 1.165) is 5.56 Å². The van der Waals surface area contributed by atoms with Crippen LogP contribution in [0.1, 0.15) is 11.1 Å². The number of nitro groups is 1. The number of rotatable bonds is 3. The van der Waals surface area contributed by atoms with Gasteiger partial charge in [-0.1, -0.05) is 29.8 Å². The molecule has 19 heavy (non-hydrogen) atoms. The Morgan fingerprint density at radius 2 is 2.05 bits per heavy atom. The summed E-state index contributed by atoms with van der Waals surface area (Å²) in [7, 11) is 0. The maximum Gasteiger partial charge on any atom is 0.270 e. The van der Waals surface area contributed by atoms with E-state index in [1.54, 1.807) is 24.4 Å². The van der Waals surface area contributed by atoms with Crippen molar-refractivity contribution in [3.8, 4) is 0 Å². The third-order valence-electron chi connectivity index (χ3n) is 2.60. The molecule has 0 spiro atoms. The third-order valence-corrected chi connectivity index (χ3v) is 3.01. The Morgan fingerprint density at radius 3 is 2.74 bits per heavy atom. The predicted molar refractivity (Wildman–Crippen MR) is 76.5 cm³/mol. The van der Waals surface area contributed by atoms with Gasteiger partial charge in [-0.15, -0.1) is 0 Å². The third kappa shape index (κ3) is 3.39. The molecular formula is C14H11ClN2O2. The minimum absolute atomic E-state index is 0.0471. The van der Waals surface area contributed by atoms with E-state index < -0.39 is 4.92 Å². The highest BCUT2D eigenvalue weighted by Crippen LogP contribution is 2.22. The summed E-state index contributed by atoms with van der Waals surface area (Å²) in [5.74, 6) is 0. The van der Waals surface area contributed by atoms with Crippen LogP contribution in [0.4, 0.5) is 11.4 Å². The maximum absolute atomic E-state index is 10.7. The highest BCUT2D eigenvalue weighted by molar-refractivity contribution is 6.31. The lowest BCUT2D eigenvalue weighted by Crippen LogP contribution is -1.89. The molecule has 0 radical (unpaired) electrons. The number of aryl methyl sites for hydroxylation is 1. The highest BCUT2D eigenvalue weighted by Gasteiger charge is 2.04. The van der Waals surface area contributed by atoms with Crippen LogP contribution in [0.15, 0.2) is 47.5 Å². The minimum atomic E-state index is -0.430. The van der Waals surface area contributed by atoms with Crippen LogP contribution in [0, 0.1) is 17.0 Å². The van der Waals surface area contributed by atoms with Gasteiger partial charge in [-0.25, -0.2) is 0 Å². The molecular weight excluding hydrogens is 264 g/mol. The van der Waals surface area contributed by atoms with E-state index in [1.165, 1.54) is 12.1 Å². The van der Waals surface area contributed by atoms with Gasteiger partial charge in [-0.2, -0.15) is 0 Å². The van der Waals surface area contributed by atoms with Crippen LogP contribution < -0.4 is 0 Å². The molecule has 0 aromatic heterocycles. The molecule has 96 valence electrons. The second-order valence-electron chi connectivity index (χ2n) is 4.04. The van der Waals surface area contributed by atoms with Crippen molar-refractivity contribution in [2.45, 2.75) is 6.92 Å². The number of benzene rings is 2. The molecule has 0 saturated heterocycles. The van der Waals surface area contributed by atoms with Crippen molar-refractivity contribution in [1.29, 1.82) is 0 Å². The van der Waals surface area contributed by atoms with Gasteiger partial charge in [0.15, 0.2) is 0 Å². The summed E-state index contributed by atoms with van der Waals surface area (Å²) in [5.41, 5.74) is 2.41. The zero-order valence-electron chi connectivity index (χ0n) is 10.2. The van der Waals surface area contributed by atoms with Gasteiger partial charge in [-0.3, -0.25) is 15.1 Å². The maximum atomic E-state index is 10.7. The first-order valence-corrected chi connectivity index (χ1v) is 5.99. The van der Waals surface area contributed by atoms with Crippen LogP contribution in [0.2, 0.25) is 5.02 Å². The second-order valence-corrected chi connectivity index (χ2v) is 4.45. The molecule has 5 heteroatoms. The molecule has 0 aliphatic carbocycles. The fraction of sp³-hybridized carbons (Fsp3) is 0.0714. The zero-order valence-corrected chi connectivity index (χ0v) is 11.0. The van der Waals surface area contributed by atoms with E-state index in [0.29, 0.717) is 16.3 Å². The van der Waals surface area contributed by atoms with E-state index >= 15 is 0 Å². The smallest absolute Gasteiger partial charge is 0.258 e. The number of aliphatic imine (C=N–C) groups is 1. The lowest BCUT2D eigenvalue weighted by molar-refractivity contribution is -0.384. The normalized spacial score (nSPS) is 10.8. The van der Waals surface area contributed by atoms with Crippen LogP contribution in [0.5, 0.6) is 0 Å². The highest BCUT2D eigenvalue weighted by atomic mass is 35.5. The van der Waals surface area contributed by atoms with Crippen molar-refractivity contribution in [3.05, 3.63) is 68.7 Å². The summed E-state index contributed by atoms with van der Waals surface area (Å²) >= 11 is 6.00. The Labute approximate surface area is 115 Å². The molecule has 2 aromatic rings. The summed E-state index contributed by atoms with van der Waals surface area (Å²) < 4.78 is 0. The molecule has 0 bridgehead atoms. The van der Waals surface area contributed by atoms with E-state index in [9.17, 15) is 10.1 Å². The number of halogens is 1. The fourth-order valence-electron chi connectivity index (χ4n) is 1.53. The van der Waals surface area contributed by atoms with Gasteiger partial charge in [0, 0.05) is 23.4 Å². The molecule has 0 aliphatic heterocycles. The Hall–Kier alpha value is -2.20. The van der Waals surface area contributed by atoms with Gasteiger partial charge in [0.05, 0.1) is 10.6 Å². The zero-order chi connectivity index (χ0) is 13.8. The lowest BCUT2D eigenvalue weighted by Gasteiger charge is -1.99. The number of nitrogens with zero attached hydrogens (tertiary/aromatic N) is 2. The van der Waals surface area contributed by atoms with E-state index in [2.05, 4.69) is 4.99 Å². The average Bonchev–Trinajstić information content (AvgIpc) is 2.40. The Morgan fingerprint density at radius 1 is 1.26 bits per heavy atom. The first kappa shape index (κ1) is 13.2. The molecule has 0 N–H and O–H groups in total. The van der Waals surface area contributed by atoms with Crippen molar-refractivity contribution in [1.82, 2.24) is 0 Å². The molecule has 0 heterocycles. The summed E-state index contributed by atoms with van der Waals surface area (Å²) in [4.78, 5) is 14.5. The summed E-state index contributed by atoms with van der Waals surface area (Å²) in [6, 6.07) is 11.8. The topological polar surface area (TPSA) is 55.5 Å². The van der Waals surface area contributed by atoms with Crippen molar-refractivity contribution >= 4 is 29.2 Å². The number of hydrogen-bond acceptors (Lipinski definition) is 3. The van der Waals surface area contributed by atoms with Crippen LogP contribution in [-0.4, -0.2) is 11.1 Å². The van der Waals surface area contributed by atoms with E-state index in [1.807, 2.05) is 19.1 Å². The van der Waals surface area contributed by atoms with Crippen LogP contribution >= 0.6 is 11.6 Å². The van der Waals surface area contributed by atoms with Gasteiger partial charge >= 0.3 is 0 Å². The molecule has 2 rings (SSSR count). The predicted octanol–water partition coefficient (Wildman–Crippen LogP) is 4.31. The average molecular weight is 275 g/mol. The van der Waals surface area contributed by atoms with E-state index in [-0.39, 0.29) is 5.69 Å².